The van der Waals surface area contributed by atoms with Gasteiger partial charge >= 0.3 is 0 Å². The Morgan fingerprint density at radius 3 is 2.59 bits per heavy atom. The molecule has 0 unspecified atom stereocenters. The third-order valence-corrected chi connectivity index (χ3v) is 6.13. The molecule has 1 amide bonds. The number of likely N-dealkylation sites (tertiary alicyclic amines) is 2. The highest BCUT2D eigenvalue weighted by molar-refractivity contribution is 5.79. The van der Waals surface area contributed by atoms with Gasteiger partial charge in [-0.05, 0) is 32.2 Å². The van der Waals surface area contributed by atoms with Crippen LogP contribution >= 0.6 is 0 Å². The van der Waals surface area contributed by atoms with Crippen LogP contribution in [0.5, 0.6) is 0 Å². The van der Waals surface area contributed by atoms with Gasteiger partial charge in [-0.1, -0.05) is 5.16 Å². The summed E-state index contributed by atoms with van der Waals surface area (Å²) in [6, 6.07) is 0.591. The molecule has 1 atom stereocenters. The van der Waals surface area contributed by atoms with E-state index in [9.17, 15) is 4.79 Å². The Morgan fingerprint density at radius 1 is 1.11 bits per heavy atom. The first-order chi connectivity index (χ1) is 13.2. The predicted octanol–water partition coefficient (Wildman–Crippen LogP) is 0.913. The summed E-state index contributed by atoms with van der Waals surface area (Å²) in [5, 5.41) is 4.00. The maximum Gasteiger partial charge on any atom is 0.227 e. The quantitative estimate of drug-likeness (QED) is 0.772. The molecular weight excluding hydrogens is 346 g/mol. The molecule has 3 saturated heterocycles. The fourth-order valence-corrected chi connectivity index (χ4v) is 4.63. The van der Waals surface area contributed by atoms with Crippen molar-refractivity contribution in [3.05, 3.63) is 11.7 Å². The molecule has 0 saturated carbocycles. The molecule has 1 aromatic rings. The Kier molecular flexibility index (Phi) is 6.04. The number of ether oxygens (including phenoxy) is 1. The first-order valence-electron chi connectivity index (χ1n) is 10.3. The molecule has 3 fully saturated rings. The zero-order chi connectivity index (χ0) is 18.6. The fourth-order valence-electron chi connectivity index (χ4n) is 4.63. The number of aryl methyl sites for hydroxylation is 1. The molecule has 8 heteroatoms. The summed E-state index contributed by atoms with van der Waals surface area (Å²) in [6.45, 7) is 9.61. The van der Waals surface area contributed by atoms with Crippen LogP contribution < -0.4 is 0 Å². The minimum atomic E-state index is 0.164. The first-order valence-corrected chi connectivity index (χ1v) is 10.3. The minimum Gasteiger partial charge on any atom is -0.378 e. The number of rotatable bonds is 4. The second kappa shape index (κ2) is 8.67. The molecular formula is C19H31N5O3. The summed E-state index contributed by atoms with van der Waals surface area (Å²) in [7, 11) is 0. The molecule has 150 valence electrons. The van der Waals surface area contributed by atoms with Crippen LogP contribution in [-0.2, 0) is 16.1 Å². The van der Waals surface area contributed by atoms with Crippen molar-refractivity contribution in [1.82, 2.24) is 24.8 Å². The molecule has 0 N–H and O–H groups in total. The van der Waals surface area contributed by atoms with E-state index in [0.717, 1.165) is 77.3 Å². The maximum atomic E-state index is 12.9. The van der Waals surface area contributed by atoms with Crippen molar-refractivity contribution >= 4 is 5.91 Å². The standard InChI is InChI=1S/C19H31N5O3/c1-15-20-18(21-27-15)14-22-7-4-17(5-8-22)24-6-2-3-16(13-24)19(25)23-9-11-26-12-10-23/h16-17H,2-14H2,1H3/t16-/m0/s1. The van der Waals surface area contributed by atoms with Crippen molar-refractivity contribution in [2.45, 2.75) is 45.2 Å². The summed E-state index contributed by atoms with van der Waals surface area (Å²) in [6.07, 6.45) is 4.45. The molecule has 0 aromatic carbocycles. The van der Waals surface area contributed by atoms with Gasteiger partial charge in [-0.3, -0.25) is 14.6 Å². The number of carbonyl (C=O) groups is 1. The number of carbonyl (C=O) groups excluding carboxylic acids is 1. The summed E-state index contributed by atoms with van der Waals surface area (Å²) < 4.78 is 10.5. The second-order valence-electron chi connectivity index (χ2n) is 8.01. The maximum absolute atomic E-state index is 12.9. The lowest BCUT2D eigenvalue weighted by molar-refractivity contribution is -0.142. The van der Waals surface area contributed by atoms with E-state index in [2.05, 4.69) is 19.9 Å². The summed E-state index contributed by atoms with van der Waals surface area (Å²) in [5.74, 6) is 1.91. The van der Waals surface area contributed by atoms with Crippen LogP contribution in [0.2, 0.25) is 0 Å². The summed E-state index contributed by atoms with van der Waals surface area (Å²) >= 11 is 0. The number of piperidine rings is 2. The van der Waals surface area contributed by atoms with Crippen LogP contribution in [0.4, 0.5) is 0 Å². The van der Waals surface area contributed by atoms with Crippen molar-refractivity contribution in [2.75, 3.05) is 52.5 Å². The van der Waals surface area contributed by atoms with Crippen molar-refractivity contribution < 1.29 is 14.1 Å². The number of aromatic nitrogens is 2. The van der Waals surface area contributed by atoms with Gasteiger partial charge in [0, 0.05) is 45.7 Å². The molecule has 0 bridgehead atoms. The van der Waals surface area contributed by atoms with Gasteiger partial charge in [-0.2, -0.15) is 4.98 Å². The van der Waals surface area contributed by atoms with Gasteiger partial charge < -0.3 is 14.2 Å². The van der Waals surface area contributed by atoms with Crippen LogP contribution in [0.3, 0.4) is 0 Å². The minimum absolute atomic E-state index is 0.164. The SMILES string of the molecule is Cc1nc(CN2CCC(N3CCC[C@H](C(=O)N4CCOCC4)C3)CC2)no1. The lowest BCUT2D eigenvalue weighted by Crippen LogP contribution is -2.52. The van der Waals surface area contributed by atoms with Gasteiger partial charge in [0.15, 0.2) is 5.82 Å². The van der Waals surface area contributed by atoms with E-state index in [0.29, 0.717) is 31.1 Å². The first kappa shape index (κ1) is 18.8. The van der Waals surface area contributed by atoms with Gasteiger partial charge in [-0.25, -0.2) is 0 Å². The monoisotopic (exact) mass is 377 g/mol. The number of hydrogen-bond donors (Lipinski definition) is 0. The average molecular weight is 377 g/mol. The fraction of sp³-hybridized carbons (Fsp3) is 0.842. The van der Waals surface area contributed by atoms with E-state index in [1.54, 1.807) is 0 Å². The predicted molar refractivity (Wildman–Crippen MR) is 99.0 cm³/mol. The van der Waals surface area contributed by atoms with Crippen molar-refractivity contribution in [2.24, 2.45) is 5.92 Å². The van der Waals surface area contributed by atoms with Gasteiger partial charge in [-0.15, -0.1) is 0 Å². The highest BCUT2D eigenvalue weighted by Gasteiger charge is 2.34. The van der Waals surface area contributed by atoms with Gasteiger partial charge in [0.05, 0.1) is 25.7 Å². The zero-order valence-electron chi connectivity index (χ0n) is 16.3. The molecule has 4 heterocycles. The average Bonchev–Trinajstić information content (AvgIpc) is 3.13. The molecule has 0 radical (unpaired) electrons. The van der Waals surface area contributed by atoms with E-state index in [4.69, 9.17) is 9.26 Å². The lowest BCUT2D eigenvalue weighted by Gasteiger charge is -2.42. The van der Waals surface area contributed by atoms with Gasteiger partial charge in [0.25, 0.3) is 0 Å². The Bertz CT molecular complexity index is 623. The highest BCUT2D eigenvalue weighted by Crippen LogP contribution is 2.25. The van der Waals surface area contributed by atoms with Crippen molar-refractivity contribution in [1.29, 1.82) is 0 Å². The summed E-state index contributed by atoms with van der Waals surface area (Å²) in [5.41, 5.74) is 0. The second-order valence-corrected chi connectivity index (χ2v) is 8.01. The Balaban J connectivity index is 1.26. The highest BCUT2D eigenvalue weighted by atomic mass is 16.5. The van der Waals surface area contributed by atoms with E-state index < -0.39 is 0 Å². The number of morpholine rings is 1. The number of amides is 1. The van der Waals surface area contributed by atoms with E-state index in [1.165, 1.54) is 0 Å². The van der Waals surface area contributed by atoms with Crippen LogP contribution in [0.25, 0.3) is 0 Å². The van der Waals surface area contributed by atoms with Crippen molar-refractivity contribution in [3.8, 4) is 0 Å². The van der Waals surface area contributed by atoms with Crippen LogP contribution in [0.15, 0.2) is 4.52 Å². The topological polar surface area (TPSA) is 74.9 Å². The lowest BCUT2D eigenvalue weighted by atomic mass is 9.92. The largest absolute Gasteiger partial charge is 0.378 e. The smallest absolute Gasteiger partial charge is 0.227 e. The zero-order valence-corrected chi connectivity index (χ0v) is 16.3. The Labute approximate surface area is 160 Å². The molecule has 1 aromatic heterocycles. The van der Waals surface area contributed by atoms with Crippen molar-refractivity contribution in [3.63, 3.8) is 0 Å². The summed E-state index contributed by atoms with van der Waals surface area (Å²) in [4.78, 5) is 24.1. The third-order valence-electron chi connectivity index (χ3n) is 6.13. The van der Waals surface area contributed by atoms with E-state index in [-0.39, 0.29) is 5.92 Å². The van der Waals surface area contributed by atoms with E-state index >= 15 is 0 Å². The van der Waals surface area contributed by atoms with Crippen LogP contribution in [-0.4, -0.2) is 89.3 Å². The molecule has 27 heavy (non-hydrogen) atoms. The third kappa shape index (κ3) is 4.67. The van der Waals surface area contributed by atoms with Crippen LogP contribution in [0.1, 0.15) is 37.4 Å². The van der Waals surface area contributed by atoms with E-state index in [1.807, 2.05) is 11.8 Å². The number of hydrogen-bond acceptors (Lipinski definition) is 7. The number of nitrogens with zero attached hydrogens (tertiary/aromatic N) is 5. The molecule has 4 rings (SSSR count). The van der Waals surface area contributed by atoms with Crippen LogP contribution in [0, 0.1) is 12.8 Å². The molecule has 0 aliphatic carbocycles. The molecule has 0 spiro atoms. The van der Waals surface area contributed by atoms with Gasteiger partial charge in [0.2, 0.25) is 11.8 Å². The van der Waals surface area contributed by atoms with Gasteiger partial charge in [0.1, 0.15) is 0 Å². The normalized spacial score (nSPS) is 26.4. The molecule has 3 aliphatic rings. The molecule has 3 aliphatic heterocycles. The Hall–Kier alpha value is -1.51. The Morgan fingerprint density at radius 2 is 1.89 bits per heavy atom. The molecule has 8 nitrogen and oxygen atoms in total.